The zero-order chi connectivity index (χ0) is 15.9. The summed E-state index contributed by atoms with van der Waals surface area (Å²) in [7, 11) is 1.62. The van der Waals surface area contributed by atoms with E-state index in [0.717, 1.165) is 17.7 Å². The summed E-state index contributed by atoms with van der Waals surface area (Å²) in [6.07, 6.45) is 0.403. The van der Waals surface area contributed by atoms with Crippen LogP contribution in [0, 0.1) is 0 Å². The predicted octanol–water partition coefficient (Wildman–Crippen LogP) is 4.06. The van der Waals surface area contributed by atoms with Crippen LogP contribution < -0.4 is 4.74 Å². The fourth-order valence-corrected chi connectivity index (χ4v) is 1.92. The van der Waals surface area contributed by atoms with E-state index in [1.807, 2.05) is 45.0 Å². The van der Waals surface area contributed by atoms with Gasteiger partial charge in [0.05, 0.1) is 7.11 Å². The van der Waals surface area contributed by atoms with Gasteiger partial charge in [-0.25, -0.2) is 4.79 Å². The summed E-state index contributed by atoms with van der Waals surface area (Å²) >= 11 is 5.74. The zero-order valence-electron chi connectivity index (χ0n) is 13.2. The number of methoxy groups -OCH3 is 1. The molecule has 0 aliphatic carbocycles. The van der Waals surface area contributed by atoms with Gasteiger partial charge in [0.15, 0.2) is 0 Å². The van der Waals surface area contributed by atoms with Gasteiger partial charge in [-0.2, -0.15) is 0 Å². The molecule has 118 valence electrons. The van der Waals surface area contributed by atoms with Crippen molar-refractivity contribution in [2.24, 2.45) is 0 Å². The minimum Gasteiger partial charge on any atom is -0.497 e. The maximum absolute atomic E-state index is 12.3. The lowest BCUT2D eigenvalue weighted by Gasteiger charge is -2.27. The molecule has 0 bridgehead atoms. The summed E-state index contributed by atoms with van der Waals surface area (Å²) < 4.78 is 10.6. The van der Waals surface area contributed by atoms with E-state index in [1.165, 1.54) is 0 Å². The third-order valence-electron chi connectivity index (χ3n) is 2.72. The number of ether oxygens (including phenoxy) is 2. The summed E-state index contributed by atoms with van der Waals surface area (Å²) in [5, 5.41) is 0. The summed E-state index contributed by atoms with van der Waals surface area (Å²) in [6.45, 7) is 6.61. The molecule has 0 aliphatic heterocycles. The number of hydrogen-bond acceptors (Lipinski definition) is 3. The van der Waals surface area contributed by atoms with E-state index >= 15 is 0 Å². The molecule has 0 aromatic heterocycles. The van der Waals surface area contributed by atoms with Gasteiger partial charge >= 0.3 is 6.09 Å². The second kappa shape index (κ2) is 8.13. The molecule has 0 heterocycles. The van der Waals surface area contributed by atoms with Crippen LogP contribution in [0.3, 0.4) is 0 Å². The van der Waals surface area contributed by atoms with Crippen LogP contribution in [0.5, 0.6) is 5.75 Å². The summed E-state index contributed by atoms with van der Waals surface area (Å²) in [6, 6.07) is 7.65. The van der Waals surface area contributed by atoms with E-state index in [0.29, 0.717) is 19.0 Å². The lowest BCUT2D eigenvalue weighted by molar-refractivity contribution is 0.0234. The molecule has 0 unspecified atom stereocenters. The molecule has 0 N–H and O–H groups in total. The number of hydrogen-bond donors (Lipinski definition) is 0. The van der Waals surface area contributed by atoms with Crippen molar-refractivity contribution >= 4 is 17.7 Å². The van der Waals surface area contributed by atoms with Crippen LogP contribution in [0.15, 0.2) is 24.3 Å². The summed E-state index contributed by atoms with van der Waals surface area (Å²) in [5.74, 6) is 1.28. The molecule has 1 amide bonds. The Morgan fingerprint density at radius 3 is 2.62 bits per heavy atom. The third kappa shape index (κ3) is 6.71. The van der Waals surface area contributed by atoms with Crippen molar-refractivity contribution in [1.29, 1.82) is 0 Å². The highest BCUT2D eigenvalue weighted by Crippen LogP contribution is 2.17. The summed E-state index contributed by atoms with van der Waals surface area (Å²) in [5.41, 5.74) is 0.486. The number of alkyl halides is 1. The first kappa shape index (κ1) is 17.6. The molecule has 0 atom stereocenters. The van der Waals surface area contributed by atoms with Gasteiger partial charge in [0.1, 0.15) is 11.4 Å². The average molecular weight is 314 g/mol. The molecular formula is C16H24ClNO3. The zero-order valence-corrected chi connectivity index (χ0v) is 13.9. The molecule has 21 heavy (non-hydrogen) atoms. The van der Waals surface area contributed by atoms with Gasteiger partial charge in [-0.3, -0.25) is 0 Å². The van der Waals surface area contributed by atoms with Crippen molar-refractivity contribution in [1.82, 2.24) is 4.90 Å². The van der Waals surface area contributed by atoms with Crippen LogP contribution in [-0.4, -0.2) is 36.1 Å². The normalized spacial score (nSPS) is 11.1. The largest absolute Gasteiger partial charge is 0.497 e. The van der Waals surface area contributed by atoms with Crippen molar-refractivity contribution in [3.63, 3.8) is 0 Å². The van der Waals surface area contributed by atoms with E-state index in [2.05, 4.69) is 0 Å². The number of nitrogens with zero attached hydrogens (tertiary/aromatic N) is 1. The van der Waals surface area contributed by atoms with Crippen molar-refractivity contribution in [2.75, 3.05) is 19.5 Å². The van der Waals surface area contributed by atoms with Crippen LogP contribution in [-0.2, 0) is 11.3 Å². The number of amides is 1. The lowest BCUT2D eigenvalue weighted by atomic mass is 10.2. The number of benzene rings is 1. The Morgan fingerprint density at radius 1 is 1.33 bits per heavy atom. The Hall–Kier alpha value is -1.42. The van der Waals surface area contributed by atoms with Crippen molar-refractivity contribution in [3.05, 3.63) is 29.8 Å². The molecule has 0 fully saturated rings. The van der Waals surface area contributed by atoms with E-state index in [9.17, 15) is 4.79 Å². The fourth-order valence-electron chi connectivity index (χ4n) is 1.80. The fraction of sp³-hybridized carbons (Fsp3) is 0.562. The van der Waals surface area contributed by atoms with Gasteiger partial charge in [0, 0.05) is 19.0 Å². The molecule has 1 rings (SSSR count). The Morgan fingerprint density at radius 2 is 2.05 bits per heavy atom. The topological polar surface area (TPSA) is 38.8 Å². The first-order valence-corrected chi connectivity index (χ1v) is 7.56. The maximum Gasteiger partial charge on any atom is 0.410 e. The Labute approximate surface area is 132 Å². The molecule has 0 aliphatic rings. The van der Waals surface area contributed by atoms with Crippen LogP contribution in [0.2, 0.25) is 0 Å². The quantitative estimate of drug-likeness (QED) is 0.743. The smallest absolute Gasteiger partial charge is 0.410 e. The van der Waals surface area contributed by atoms with Gasteiger partial charge < -0.3 is 14.4 Å². The lowest BCUT2D eigenvalue weighted by Crippen LogP contribution is -2.37. The molecule has 5 heteroatoms. The number of carbonyl (C=O) groups excluding carboxylic acids is 1. The Bertz CT molecular complexity index is 457. The van der Waals surface area contributed by atoms with Crippen LogP contribution >= 0.6 is 11.6 Å². The van der Waals surface area contributed by atoms with Crippen molar-refractivity contribution < 1.29 is 14.3 Å². The van der Waals surface area contributed by atoms with E-state index in [-0.39, 0.29) is 6.09 Å². The second-order valence-electron chi connectivity index (χ2n) is 5.80. The number of rotatable bonds is 6. The standard InChI is InChI=1S/C16H24ClNO3/c1-16(2,3)21-15(19)18(10-6-9-17)12-13-7-5-8-14(11-13)20-4/h5,7-8,11H,6,9-10,12H2,1-4H3. The van der Waals surface area contributed by atoms with Crippen LogP contribution in [0.1, 0.15) is 32.8 Å². The van der Waals surface area contributed by atoms with Crippen molar-refractivity contribution in [2.45, 2.75) is 39.3 Å². The minimum absolute atomic E-state index is 0.324. The number of halogens is 1. The van der Waals surface area contributed by atoms with Gasteiger partial charge in [-0.05, 0) is 44.9 Å². The molecule has 1 aromatic carbocycles. The molecule has 0 saturated carbocycles. The minimum atomic E-state index is -0.509. The van der Waals surface area contributed by atoms with Gasteiger partial charge in [-0.15, -0.1) is 11.6 Å². The molecule has 1 aromatic rings. The van der Waals surface area contributed by atoms with Gasteiger partial charge in [-0.1, -0.05) is 12.1 Å². The molecule has 4 nitrogen and oxygen atoms in total. The highest BCUT2D eigenvalue weighted by atomic mass is 35.5. The monoisotopic (exact) mass is 313 g/mol. The van der Waals surface area contributed by atoms with Crippen LogP contribution in [0.25, 0.3) is 0 Å². The van der Waals surface area contributed by atoms with E-state index in [1.54, 1.807) is 12.0 Å². The first-order chi connectivity index (χ1) is 9.85. The highest BCUT2D eigenvalue weighted by molar-refractivity contribution is 6.17. The maximum atomic E-state index is 12.3. The predicted molar refractivity (Wildman–Crippen MR) is 85.0 cm³/mol. The summed E-state index contributed by atoms with van der Waals surface area (Å²) in [4.78, 5) is 13.9. The first-order valence-electron chi connectivity index (χ1n) is 7.02. The Balaban J connectivity index is 2.79. The van der Waals surface area contributed by atoms with E-state index in [4.69, 9.17) is 21.1 Å². The number of carbonyl (C=O) groups is 1. The second-order valence-corrected chi connectivity index (χ2v) is 6.17. The Kier molecular flexibility index (Phi) is 6.82. The molecule has 0 spiro atoms. The van der Waals surface area contributed by atoms with Crippen LogP contribution in [0.4, 0.5) is 4.79 Å². The van der Waals surface area contributed by atoms with Gasteiger partial charge in [0.2, 0.25) is 0 Å². The molecular weight excluding hydrogens is 290 g/mol. The van der Waals surface area contributed by atoms with Crippen molar-refractivity contribution in [3.8, 4) is 5.75 Å². The van der Waals surface area contributed by atoms with E-state index < -0.39 is 5.60 Å². The molecule has 0 radical (unpaired) electrons. The van der Waals surface area contributed by atoms with Gasteiger partial charge in [0.25, 0.3) is 0 Å². The third-order valence-corrected chi connectivity index (χ3v) is 2.99. The SMILES string of the molecule is COc1cccc(CN(CCCCl)C(=O)OC(C)(C)C)c1. The average Bonchev–Trinajstić information content (AvgIpc) is 2.41. The molecule has 0 saturated heterocycles. The highest BCUT2D eigenvalue weighted by Gasteiger charge is 2.22.